The lowest BCUT2D eigenvalue weighted by Gasteiger charge is -2.10. The van der Waals surface area contributed by atoms with E-state index in [0.29, 0.717) is 6.61 Å². The molecule has 2 N–H and O–H groups in total. The van der Waals surface area contributed by atoms with Gasteiger partial charge in [-0.05, 0) is 25.5 Å². The fraction of sp³-hybridized carbons (Fsp3) is 0.357. The highest BCUT2D eigenvalue weighted by Gasteiger charge is 2.15. The molecule has 0 amide bonds. The van der Waals surface area contributed by atoms with E-state index in [1.807, 2.05) is 31.2 Å². The number of ether oxygens (including phenoxy) is 1. The topological polar surface area (TPSA) is 58.1 Å². The second-order valence-electron chi connectivity index (χ2n) is 4.18. The number of rotatable bonds is 5. The maximum Gasteiger partial charge on any atom is 0.128 e. The van der Waals surface area contributed by atoms with Gasteiger partial charge in [0, 0.05) is 16.8 Å². The molecule has 4 nitrogen and oxygen atoms in total. The highest BCUT2D eigenvalue weighted by molar-refractivity contribution is 5.70. The van der Waals surface area contributed by atoms with Crippen molar-refractivity contribution >= 4 is 0 Å². The molecule has 0 saturated heterocycles. The van der Waals surface area contributed by atoms with Crippen LogP contribution < -0.4 is 4.74 Å². The van der Waals surface area contributed by atoms with Crippen molar-refractivity contribution in [2.24, 2.45) is 0 Å². The Bertz CT molecular complexity index is 520. The maximum absolute atomic E-state index is 9.42. The summed E-state index contributed by atoms with van der Waals surface area (Å²) in [5.41, 5.74) is 3.39. The molecule has 0 aliphatic carbocycles. The number of hydrogen-bond donors (Lipinski definition) is 2. The normalized spacial score (nSPS) is 10.6. The summed E-state index contributed by atoms with van der Waals surface area (Å²) in [5, 5.41) is 16.6. The molecule has 2 rings (SSSR count). The summed E-state index contributed by atoms with van der Waals surface area (Å²) < 4.78 is 5.71. The van der Waals surface area contributed by atoms with E-state index in [9.17, 15) is 5.11 Å². The van der Waals surface area contributed by atoms with Crippen LogP contribution in [-0.2, 0) is 6.61 Å². The number of aromatic nitrogens is 2. The third-order valence-electron chi connectivity index (χ3n) is 2.84. The Labute approximate surface area is 107 Å². The van der Waals surface area contributed by atoms with Gasteiger partial charge in [0.1, 0.15) is 11.4 Å². The van der Waals surface area contributed by atoms with E-state index in [0.717, 1.165) is 34.7 Å². The van der Waals surface area contributed by atoms with E-state index in [4.69, 9.17) is 4.74 Å². The van der Waals surface area contributed by atoms with Crippen LogP contribution in [0.3, 0.4) is 0 Å². The Balaban J connectivity index is 2.43. The summed E-state index contributed by atoms with van der Waals surface area (Å²) in [4.78, 5) is 0. The van der Waals surface area contributed by atoms with Crippen molar-refractivity contribution in [3.63, 3.8) is 0 Å². The van der Waals surface area contributed by atoms with E-state index in [1.54, 1.807) is 0 Å². The molecule has 1 aromatic carbocycles. The number of nitrogens with zero attached hydrogens (tertiary/aromatic N) is 1. The van der Waals surface area contributed by atoms with Gasteiger partial charge < -0.3 is 9.84 Å². The molecule has 0 fully saturated rings. The Morgan fingerprint density at radius 2 is 2.11 bits per heavy atom. The number of para-hydroxylation sites is 1. The number of aliphatic hydroxyl groups is 1. The third-order valence-corrected chi connectivity index (χ3v) is 2.84. The van der Waals surface area contributed by atoms with E-state index in [2.05, 4.69) is 17.1 Å². The van der Waals surface area contributed by atoms with Crippen LogP contribution in [0.25, 0.3) is 11.3 Å². The molecule has 2 aromatic rings. The smallest absolute Gasteiger partial charge is 0.128 e. The number of aliphatic hydroxyl groups excluding tert-OH is 1. The van der Waals surface area contributed by atoms with Crippen molar-refractivity contribution < 1.29 is 9.84 Å². The zero-order valence-corrected chi connectivity index (χ0v) is 10.7. The fourth-order valence-electron chi connectivity index (χ4n) is 1.87. The third kappa shape index (κ3) is 2.38. The summed E-state index contributed by atoms with van der Waals surface area (Å²) in [6.45, 7) is 4.62. The minimum absolute atomic E-state index is 0.0280. The minimum Gasteiger partial charge on any atom is -0.493 e. The highest BCUT2D eigenvalue weighted by Crippen LogP contribution is 2.31. The molecule has 0 spiro atoms. The van der Waals surface area contributed by atoms with E-state index in [1.165, 1.54) is 0 Å². The van der Waals surface area contributed by atoms with Gasteiger partial charge in [-0.25, -0.2) is 0 Å². The predicted molar refractivity (Wildman–Crippen MR) is 70.5 cm³/mol. The van der Waals surface area contributed by atoms with Crippen LogP contribution in [-0.4, -0.2) is 21.9 Å². The van der Waals surface area contributed by atoms with Crippen molar-refractivity contribution in [1.29, 1.82) is 0 Å². The first kappa shape index (κ1) is 12.6. The Morgan fingerprint density at radius 3 is 2.83 bits per heavy atom. The Hall–Kier alpha value is -1.81. The van der Waals surface area contributed by atoms with Crippen molar-refractivity contribution in [2.75, 3.05) is 6.61 Å². The second-order valence-corrected chi connectivity index (χ2v) is 4.18. The molecule has 0 saturated carbocycles. The van der Waals surface area contributed by atoms with Crippen LogP contribution in [0.4, 0.5) is 0 Å². The molecule has 4 heteroatoms. The average Bonchev–Trinajstić information content (AvgIpc) is 2.77. The van der Waals surface area contributed by atoms with Crippen LogP contribution in [0.15, 0.2) is 24.3 Å². The van der Waals surface area contributed by atoms with Crippen LogP contribution in [0, 0.1) is 6.92 Å². The van der Waals surface area contributed by atoms with E-state index >= 15 is 0 Å². The van der Waals surface area contributed by atoms with Crippen LogP contribution >= 0.6 is 0 Å². The van der Waals surface area contributed by atoms with Gasteiger partial charge in [-0.15, -0.1) is 0 Å². The zero-order valence-electron chi connectivity index (χ0n) is 10.7. The molecule has 0 bridgehead atoms. The number of H-pyrrole nitrogens is 1. The number of aryl methyl sites for hydroxylation is 1. The van der Waals surface area contributed by atoms with Crippen molar-refractivity contribution in [1.82, 2.24) is 10.2 Å². The lowest BCUT2D eigenvalue weighted by Crippen LogP contribution is -1.98. The molecule has 0 radical (unpaired) electrons. The van der Waals surface area contributed by atoms with Gasteiger partial charge in [0.2, 0.25) is 0 Å². The molecule has 0 aliphatic heterocycles. The first-order chi connectivity index (χ1) is 8.77. The first-order valence-electron chi connectivity index (χ1n) is 6.14. The lowest BCUT2D eigenvalue weighted by atomic mass is 10.1. The van der Waals surface area contributed by atoms with Crippen molar-refractivity contribution in [2.45, 2.75) is 26.9 Å². The van der Waals surface area contributed by atoms with Gasteiger partial charge in [-0.1, -0.05) is 19.1 Å². The largest absolute Gasteiger partial charge is 0.493 e. The molecule has 96 valence electrons. The average molecular weight is 246 g/mol. The molecule has 0 atom stereocenters. The Kier molecular flexibility index (Phi) is 3.99. The maximum atomic E-state index is 9.42. The van der Waals surface area contributed by atoms with Crippen LogP contribution in [0.2, 0.25) is 0 Å². The van der Waals surface area contributed by atoms with Crippen LogP contribution in [0.1, 0.15) is 24.6 Å². The predicted octanol–water partition coefficient (Wildman–Crippen LogP) is 2.67. The number of hydrogen-bond acceptors (Lipinski definition) is 3. The zero-order chi connectivity index (χ0) is 13.0. The summed E-state index contributed by atoms with van der Waals surface area (Å²) in [7, 11) is 0. The standard InChI is InChI=1S/C14H18N2O2/c1-3-8-18-13-7-5-4-6-11(13)14-12(9-17)10(2)15-16-14/h4-7,17H,3,8-9H2,1-2H3,(H,15,16). The quantitative estimate of drug-likeness (QED) is 0.852. The van der Waals surface area contributed by atoms with E-state index < -0.39 is 0 Å². The summed E-state index contributed by atoms with van der Waals surface area (Å²) in [6.07, 6.45) is 0.959. The molecule has 18 heavy (non-hydrogen) atoms. The number of aromatic amines is 1. The fourth-order valence-corrected chi connectivity index (χ4v) is 1.87. The molecule has 1 heterocycles. The monoisotopic (exact) mass is 246 g/mol. The molecular formula is C14H18N2O2. The second kappa shape index (κ2) is 5.69. The summed E-state index contributed by atoms with van der Waals surface area (Å²) in [5.74, 6) is 0.806. The van der Waals surface area contributed by atoms with Gasteiger partial charge in [0.15, 0.2) is 0 Å². The molecule has 0 unspecified atom stereocenters. The minimum atomic E-state index is -0.0280. The number of nitrogens with one attached hydrogen (secondary N) is 1. The first-order valence-corrected chi connectivity index (χ1v) is 6.14. The highest BCUT2D eigenvalue weighted by atomic mass is 16.5. The summed E-state index contributed by atoms with van der Waals surface area (Å²) >= 11 is 0. The van der Waals surface area contributed by atoms with E-state index in [-0.39, 0.29) is 6.61 Å². The number of benzene rings is 1. The molecule has 0 aliphatic rings. The van der Waals surface area contributed by atoms with Crippen molar-refractivity contribution in [3.05, 3.63) is 35.5 Å². The SMILES string of the molecule is CCCOc1ccccc1-c1n[nH]c(C)c1CO. The van der Waals surface area contributed by atoms with Crippen molar-refractivity contribution in [3.8, 4) is 17.0 Å². The van der Waals surface area contributed by atoms with Gasteiger partial charge in [0.05, 0.1) is 13.2 Å². The molecular weight excluding hydrogens is 228 g/mol. The molecule has 1 aromatic heterocycles. The summed E-state index contributed by atoms with van der Waals surface area (Å²) in [6, 6.07) is 7.77. The van der Waals surface area contributed by atoms with Gasteiger partial charge >= 0.3 is 0 Å². The Morgan fingerprint density at radius 1 is 1.33 bits per heavy atom. The van der Waals surface area contributed by atoms with Gasteiger partial charge in [-0.3, -0.25) is 5.10 Å². The lowest BCUT2D eigenvalue weighted by molar-refractivity contribution is 0.281. The van der Waals surface area contributed by atoms with Gasteiger partial charge in [-0.2, -0.15) is 5.10 Å². The van der Waals surface area contributed by atoms with Crippen LogP contribution in [0.5, 0.6) is 5.75 Å². The van der Waals surface area contributed by atoms with Gasteiger partial charge in [0.25, 0.3) is 0 Å².